The van der Waals surface area contributed by atoms with E-state index >= 15 is 0 Å². The largest absolute Gasteiger partial charge is 0.437 e. The summed E-state index contributed by atoms with van der Waals surface area (Å²) in [5, 5.41) is 1.99. The number of nitrogens with zero attached hydrogens (tertiary/aromatic N) is 2. The molecule has 0 aliphatic heterocycles. The molecular weight excluding hydrogens is 258 g/mol. The van der Waals surface area contributed by atoms with Gasteiger partial charge in [0.1, 0.15) is 11.4 Å². The number of ether oxygens (including phenoxy) is 1. The molecule has 3 aromatic rings. The Labute approximate surface area is 115 Å². The summed E-state index contributed by atoms with van der Waals surface area (Å²) in [5.74, 6) is 1.42. The monoisotopic (exact) mass is 273 g/mol. The molecule has 2 heterocycles. The molecule has 0 spiro atoms. The Kier molecular flexibility index (Phi) is 3.00. The van der Waals surface area contributed by atoms with E-state index in [2.05, 4.69) is 18.0 Å². The van der Waals surface area contributed by atoms with Crippen molar-refractivity contribution in [1.29, 1.82) is 0 Å². The molecule has 0 amide bonds. The molecule has 0 radical (unpaired) electrons. The summed E-state index contributed by atoms with van der Waals surface area (Å²) in [6.45, 7) is 4.50. The van der Waals surface area contributed by atoms with Gasteiger partial charge >= 0.3 is 0 Å². The van der Waals surface area contributed by atoms with Crippen molar-refractivity contribution in [1.82, 2.24) is 9.38 Å². The van der Waals surface area contributed by atoms with Gasteiger partial charge in [0.2, 0.25) is 5.88 Å². The highest BCUT2D eigenvalue weighted by atomic mass is 32.1. The fourth-order valence-electron chi connectivity index (χ4n) is 2.10. The van der Waals surface area contributed by atoms with Crippen LogP contribution in [-0.4, -0.2) is 9.38 Å². The number of hydrogen-bond donors (Lipinski definition) is 1. The molecule has 19 heavy (non-hydrogen) atoms. The fraction of sp³-hybridized carbons (Fsp3) is 0.214. The van der Waals surface area contributed by atoms with Gasteiger partial charge in [-0.25, -0.2) is 0 Å². The Morgan fingerprint density at radius 2 is 2.21 bits per heavy atom. The Hall–Kier alpha value is -1.85. The predicted octanol–water partition coefficient (Wildman–Crippen LogP) is 3.26. The zero-order valence-corrected chi connectivity index (χ0v) is 11.7. The molecule has 0 unspecified atom stereocenters. The lowest BCUT2D eigenvalue weighted by Crippen LogP contribution is -2.02. The maximum Gasteiger partial charge on any atom is 0.243 e. The van der Waals surface area contributed by atoms with Gasteiger partial charge in [0.25, 0.3) is 0 Å². The van der Waals surface area contributed by atoms with Gasteiger partial charge in [-0.05, 0) is 25.5 Å². The van der Waals surface area contributed by atoms with Gasteiger partial charge in [0.05, 0.1) is 0 Å². The number of rotatable bonds is 3. The minimum Gasteiger partial charge on any atom is -0.437 e. The highest BCUT2D eigenvalue weighted by Crippen LogP contribution is 2.29. The molecule has 98 valence electrons. The SMILES string of the molecule is Cc1ccc(Oc2nc3sccn3c2CN)c(C)c1. The second-order valence-corrected chi connectivity index (χ2v) is 5.37. The van der Waals surface area contributed by atoms with Crippen LogP contribution in [0.5, 0.6) is 11.6 Å². The molecule has 0 bridgehead atoms. The number of thiazole rings is 1. The number of nitrogens with two attached hydrogens (primary N) is 1. The predicted molar refractivity (Wildman–Crippen MR) is 77.0 cm³/mol. The van der Waals surface area contributed by atoms with Gasteiger partial charge in [-0.2, -0.15) is 4.98 Å². The topological polar surface area (TPSA) is 52.5 Å². The summed E-state index contributed by atoms with van der Waals surface area (Å²) < 4.78 is 7.90. The highest BCUT2D eigenvalue weighted by molar-refractivity contribution is 7.15. The van der Waals surface area contributed by atoms with Crippen LogP contribution in [0.15, 0.2) is 29.8 Å². The number of imidazole rings is 1. The van der Waals surface area contributed by atoms with Crippen molar-refractivity contribution in [3.8, 4) is 11.6 Å². The second kappa shape index (κ2) is 4.68. The van der Waals surface area contributed by atoms with Gasteiger partial charge in [-0.1, -0.05) is 17.7 Å². The maximum absolute atomic E-state index is 5.92. The van der Waals surface area contributed by atoms with Crippen LogP contribution >= 0.6 is 11.3 Å². The van der Waals surface area contributed by atoms with Crippen molar-refractivity contribution in [2.45, 2.75) is 20.4 Å². The summed E-state index contributed by atoms with van der Waals surface area (Å²) in [6, 6.07) is 6.09. The first kappa shape index (κ1) is 12.2. The van der Waals surface area contributed by atoms with E-state index < -0.39 is 0 Å². The van der Waals surface area contributed by atoms with Gasteiger partial charge in [-0.15, -0.1) is 11.3 Å². The van der Waals surface area contributed by atoms with Crippen LogP contribution in [0.3, 0.4) is 0 Å². The van der Waals surface area contributed by atoms with E-state index in [1.165, 1.54) is 5.56 Å². The molecule has 0 aliphatic rings. The zero-order valence-electron chi connectivity index (χ0n) is 10.9. The molecule has 0 aliphatic carbocycles. The summed E-state index contributed by atoms with van der Waals surface area (Å²) in [5.41, 5.74) is 9.01. The lowest BCUT2D eigenvalue weighted by molar-refractivity contribution is 0.456. The molecule has 3 rings (SSSR count). The summed E-state index contributed by atoms with van der Waals surface area (Å²) >= 11 is 1.57. The first-order chi connectivity index (χ1) is 9.19. The van der Waals surface area contributed by atoms with Crippen molar-refractivity contribution in [3.05, 3.63) is 46.6 Å². The standard InChI is InChI=1S/C14H15N3OS/c1-9-3-4-12(10(2)7-9)18-13-11(8-15)17-5-6-19-14(17)16-13/h3-7H,8,15H2,1-2H3. The lowest BCUT2D eigenvalue weighted by atomic mass is 10.1. The van der Waals surface area contributed by atoms with Crippen molar-refractivity contribution in [2.75, 3.05) is 0 Å². The number of fused-ring (bicyclic) bond motifs is 1. The molecule has 0 atom stereocenters. The van der Waals surface area contributed by atoms with Gasteiger partial charge < -0.3 is 10.5 Å². The van der Waals surface area contributed by atoms with Crippen LogP contribution in [0.2, 0.25) is 0 Å². The third-order valence-corrected chi connectivity index (χ3v) is 3.81. The third-order valence-electron chi connectivity index (χ3n) is 3.05. The molecule has 1 aromatic carbocycles. The number of aromatic nitrogens is 2. The van der Waals surface area contributed by atoms with Crippen LogP contribution < -0.4 is 10.5 Å². The Morgan fingerprint density at radius 1 is 1.37 bits per heavy atom. The second-order valence-electron chi connectivity index (χ2n) is 4.49. The van der Waals surface area contributed by atoms with Crippen LogP contribution in [0, 0.1) is 13.8 Å². The molecule has 0 saturated heterocycles. The van der Waals surface area contributed by atoms with Crippen molar-refractivity contribution >= 4 is 16.3 Å². The van der Waals surface area contributed by atoms with E-state index in [0.29, 0.717) is 12.4 Å². The Balaban J connectivity index is 2.02. The lowest BCUT2D eigenvalue weighted by Gasteiger charge is -2.08. The average molecular weight is 273 g/mol. The van der Waals surface area contributed by atoms with Crippen molar-refractivity contribution < 1.29 is 4.74 Å². The van der Waals surface area contributed by atoms with E-state index in [4.69, 9.17) is 10.5 Å². The minimum atomic E-state index is 0.401. The maximum atomic E-state index is 5.92. The van der Waals surface area contributed by atoms with Gasteiger partial charge in [-0.3, -0.25) is 4.40 Å². The van der Waals surface area contributed by atoms with Crippen LogP contribution in [0.1, 0.15) is 16.8 Å². The summed E-state index contributed by atoms with van der Waals surface area (Å²) in [7, 11) is 0. The van der Waals surface area contributed by atoms with Crippen LogP contribution in [0.4, 0.5) is 0 Å². The molecule has 4 nitrogen and oxygen atoms in total. The fourth-order valence-corrected chi connectivity index (χ4v) is 2.82. The number of hydrogen-bond acceptors (Lipinski definition) is 4. The third kappa shape index (κ3) is 2.11. The normalized spacial score (nSPS) is 11.1. The quantitative estimate of drug-likeness (QED) is 0.797. The minimum absolute atomic E-state index is 0.401. The molecule has 2 N–H and O–H groups in total. The van der Waals surface area contributed by atoms with Crippen molar-refractivity contribution in [3.63, 3.8) is 0 Å². The van der Waals surface area contributed by atoms with Gasteiger partial charge in [0, 0.05) is 18.1 Å². The van der Waals surface area contributed by atoms with E-state index in [1.54, 1.807) is 11.3 Å². The van der Waals surface area contributed by atoms with Crippen LogP contribution in [0.25, 0.3) is 4.96 Å². The molecule has 5 heteroatoms. The highest BCUT2D eigenvalue weighted by Gasteiger charge is 2.14. The molecular formula is C14H15N3OS. The molecule has 0 saturated carbocycles. The average Bonchev–Trinajstić information content (AvgIpc) is 2.92. The van der Waals surface area contributed by atoms with Gasteiger partial charge in [0.15, 0.2) is 4.96 Å². The Bertz CT molecular complexity index is 729. The first-order valence-corrected chi connectivity index (χ1v) is 6.96. The van der Waals surface area contributed by atoms with E-state index in [9.17, 15) is 0 Å². The smallest absolute Gasteiger partial charge is 0.243 e. The number of aryl methyl sites for hydroxylation is 2. The molecule has 2 aromatic heterocycles. The zero-order chi connectivity index (χ0) is 13.4. The first-order valence-electron chi connectivity index (χ1n) is 6.08. The van der Waals surface area contributed by atoms with Crippen molar-refractivity contribution in [2.24, 2.45) is 5.73 Å². The van der Waals surface area contributed by atoms with E-state index in [1.807, 2.05) is 35.0 Å². The molecule has 0 fully saturated rings. The summed E-state index contributed by atoms with van der Waals surface area (Å²) in [6.07, 6.45) is 1.96. The summed E-state index contributed by atoms with van der Waals surface area (Å²) in [4.78, 5) is 5.38. The van der Waals surface area contributed by atoms with Crippen LogP contribution in [-0.2, 0) is 6.54 Å². The number of benzene rings is 1. The Morgan fingerprint density at radius 3 is 2.95 bits per heavy atom. The van der Waals surface area contributed by atoms with E-state index in [0.717, 1.165) is 22.0 Å². The van der Waals surface area contributed by atoms with E-state index in [-0.39, 0.29) is 0 Å².